The van der Waals surface area contributed by atoms with Crippen molar-refractivity contribution in [3.8, 4) is 22.5 Å². The normalized spacial score (nSPS) is 11.1. The molecule has 5 nitrogen and oxygen atoms in total. The van der Waals surface area contributed by atoms with Gasteiger partial charge in [0.1, 0.15) is 12.0 Å². The van der Waals surface area contributed by atoms with Crippen LogP contribution in [0.15, 0.2) is 95.9 Å². The zero-order chi connectivity index (χ0) is 23.5. The maximum absolute atomic E-state index is 6.16. The van der Waals surface area contributed by atoms with E-state index in [0.29, 0.717) is 0 Å². The van der Waals surface area contributed by atoms with Crippen LogP contribution in [0, 0.1) is 12.1 Å². The first-order chi connectivity index (χ1) is 16.5. The number of oxazole rings is 1. The zero-order valence-corrected chi connectivity index (χ0v) is 22.1. The van der Waals surface area contributed by atoms with Crippen LogP contribution in [0.2, 0.25) is 0 Å². The van der Waals surface area contributed by atoms with Crippen LogP contribution in [0.4, 0.5) is 0 Å². The molecule has 0 aliphatic rings. The first-order valence-electron chi connectivity index (χ1n) is 11.1. The number of nitrogens with zero attached hydrogens (tertiary/aromatic N) is 4. The van der Waals surface area contributed by atoms with Gasteiger partial charge in [-0.25, -0.2) is 4.98 Å². The van der Waals surface area contributed by atoms with E-state index in [1.165, 1.54) is 0 Å². The Kier molecular flexibility index (Phi) is 7.25. The smallest absolute Gasteiger partial charge is 0.217 e. The third-order valence-electron chi connectivity index (χ3n) is 5.39. The second-order valence-corrected chi connectivity index (χ2v) is 8.89. The van der Waals surface area contributed by atoms with Gasteiger partial charge in [-0.3, -0.25) is 4.40 Å². The summed E-state index contributed by atoms with van der Waals surface area (Å²) in [5.74, 6) is 0. The van der Waals surface area contributed by atoms with E-state index in [1.807, 2.05) is 83.5 Å². The Balaban J connectivity index is 0.000000189. The van der Waals surface area contributed by atoms with Gasteiger partial charge in [-0.15, -0.1) is 54.1 Å². The second-order valence-electron chi connectivity index (χ2n) is 8.89. The molecule has 0 spiro atoms. The van der Waals surface area contributed by atoms with E-state index in [2.05, 4.69) is 47.9 Å². The van der Waals surface area contributed by atoms with Gasteiger partial charge in [-0.05, 0) is 23.5 Å². The fourth-order valence-corrected chi connectivity index (χ4v) is 3.76. The molecule has 0 amide bonds. The summed E-state index contributed by atoms with van der Waals surface area (Å²) >= 11 is 0. The van der Waals surface area contributed by atoms with E-state index in [0.717, 1.165) is 45.0 Å². The van der Waals surface area contributed by atoms with Crippen molar-refractivity contribution in [2.45, 2.75) is 26.2 Å². The number of aromatic nitrogens is 4. The van der Waals surface area contributed by atoms with Crippen LogP contribution >= 0.6 is 0 Å². The fraction of sp³-hybridized carbons (Fsp3) is 0.138. The van der Waals surface area contributed by atoms with E-state index in [-0.39, 0.29) is 25.5 Å². The van der Waals surface area contributed by atoms with Crippen LogP contribution in [0.25, 0.3) is 39.3 Å². The molecule has 0 saturated heterocycles. The minimum atomic E-state index is -0.0719. The van der Waals surface area contributed by atoms with Gasteiger partial charge in [0.25, 0.3) is 0 Å². The SMILES string of the molecule is CC(C)(C)c1ncn2c1oc1c(-c3ccccn3)[c-]ccc12.[Ir].[c-]1ccccc1-c1ccccn1. The van der Waals surface area contributed by atoms with Crippen molar-refractivity contribution in [1.82, 2.24) is 19.4 Å². The Bertz CT molecular complexity index is 1480. The van der Waals surface area contributed by atoms with Crippen LogP contribution in [-0.4, -0.2) is 19.4 Å². The largest absolute Gasteiger partial charge is 0.484 e. The van der Waals surface area contributed by atoms with Crippen LogP contribution in [0.3, 0.4) is 0 Å². The van der Waals surface area contributed by atoms with Gasteiger partial charge in [0.2, 0.25) is 5.71 Å². The van der Waals surface area contributed by atoms with Crippen molar-refractivity contribution in [3.63, 3.8) is 0 Å². The van der Waals surface area contributed by atoms with Crippen LogP contribution < -0.4 is 0 Å². The zero-order valence-electron chi connectivity index (χ0n) is 19.7. The maximum atomic E-state index is 6.16. The summed E-state index contributed by atoms with van der Waals surface area (Å²) in [5, 5.41) is 0. The molecule has 1 radical (unpaired) electrons. The summed E-state index contributed by atoms with van der Waals surface area (Å²) in [4.78, 5) is 13.1. The van der Waals surface area contributed by atoms with Gasteiger partial charge in [-0.1, -0.05) is 50.6 Å². The van der Waals surface area contributed by atoms with Gasteiger partial charge in [0, 0.05) is 43.4 Å². The topological polar surface area (TPSA) is 56.2 Å². The van der Waals surface area contributed by atoms with E-state index in [4.69, 9.17) is 4.42 Å². The first-order valence-corrected chi connectivity index (χ1v) is 11.1. The molecule has 0 aliphatic heterocycles. The predicted octanol–water partition coefficient (Wildman–Crippen LogP) is 6.79. The van der Waals surface area contributed by atoms with Crippen LogP contribution in [0.5, 0.6) is 0 Å². The molecular weight excluding hydrogens is 613 g/mol. The van der Waals surface area contributed by atoms with Crippen molar-refractivity contribution in [2.75, 3.05) is 0 Å². The van der Waals surface area contributed by atoms with E-state index >= 15 is 0 Å². The Morgan fingerprint density at radius 1 is 0.771 bits per heavy atom. The first kappa shape index (κ1) is 24.5. The van der Waals surface area contributed by atoms with Gasteiger partial charge >= 0.3 is 0 Å². The fourth-order valence-electron chi connectivity index (χ4n) is 3.76. The predicted molar refractivity (Wildman–Crippen MR) is 134 cm³/mol. The average molecular weight is 637 g/mol. The molecular formula is C29H24IrN4O-2. The summed E-state index contributed by atoms with van der Waals surface area (Å²) in [6, 6.07) is 29.8. The average Bonchev–Trinajstić information content (AvgIpc) is 3.45. The number of benzene rings is 2. The van der Waals surface area contributed by atoms with E-state index in [9.17, 15) is 0 Å². The van der Waals surface area contributed by atoms with Crippen molar-refractivity contribution in [3.05, 3.63) is 109 Å². The third-order valence-corrected chi connectivity index (χ3v) is 5.39. The van der Waals surface area contributed by atoms with Crippen LogP contribution in [0.1, 0.15) is 26.5 Å². The Morgan fingerprint density at radius 3 is 2.11 bits per heavy atom. The minimum Gasteiger partial charge on any atom is -0.484 e. The molecule has 0 aliphatic carbocycles. The third kappa shape index (κ3) is 5.09. The number of hydrogen-bond donors (Lipinski definition) is 0. The molecule has 0 saturated carbocycles. The monoisotopic (exact) mass is 637 g/mol. The molecule has 0 atom stereocenters. The maximum Gasteiger partial charge on any atom is 0.217 e. The van der Waals surface area contributed by atoms with Crippen molar-refractivity contribution in [2.24, 2.45) is 0 Å². The molecule has 35 heavy (non-hydrogen) atoms. The molecule has 2 aromatic carbocycles. The quantitative estimate of drug-likeness (QED) is 0.197. The van der Waals surface area contributed by atoms with Gasteiger partial charge in [0.15, 0.2) is 0 Å². The summed E-state index contributed by atoms with van der Waals surface area (Å²) < 4.78 is 8.16. The standard InChI is InChI=1S/C18H16N3O.C11H8N.Ir/c1-18(2,3)16-17-21(11-20-16)14-9-6-7-12(15(14)22-17)13-8-4-5-10-19-13;1-2-6-10(7-3-1)11-8-4-5-9-12-11;/h4-6,8-11H,1-3H3;1-6,8-9H;/q2*-1;. The number of hydrogen-bond acceptors (Lipinski definition) is 4. The minimum absolute atomic E-state index is 0. The molecule has 4 heterocycles. The van der Waals surface area contributed by atoms with Gasteiger partial charge in [-0.2, -0.15) is 0 Å². The molecule has 6 aromatic rings. The molecule has 6 heteroatoms. The summed E-state index contributed by atoms with van der Waals surface area (Å²) in [7, 11) is 0. The Labute approximate surface area is 218 Å². The van der Waals surface area contributed by atoms with Crippen LogP contribution in [-0.2, 0) is 25.5 Å². The number of pyridine rings is 2. The van der Waals surface area contributed by atoms with E-state index in [1.54, 1.807) is 12.4 Å². The molecule has 0 bridgehead atoms. The summed E-state index contributed by atoms with van der Waals surface area (Å²) in [6.07, 6.45) is 5.39. The van der Waals surface area contributed by atoms with Gasteiger partial charge in [0.05, 0.1) is 5.58 Å². The molecule has 177 valence electrons. The Morgan fingerprint density at radius 2 is 1.49 bits per heavy atom. The number of imidazole rings is 1. The molecule has 4 aromatic heterocycles. The summed E-state index contributed by atoms with van der Waals surface area (Å²) in [6.45, 7) is 6.40. The van der Waals surface area contributed by atoms with Crippen molar-refractivity contribution < 1.29 is 24.5 Å². The van der Waals surface area contributed by atoms with E-state index < -0.39 is 0 Å². The Hall–Kier alpha value is -3.60. The van der Waals surface area contributed by atoms with Gasteiger partial charge < -0.3 is 14.4 Å². The van der Waals surface area contributed by atoms with Crippen molar-refractivity contribution in [1.29, 1.82) is 0 Å². The molecule has 0 N–H and O–H groups in total. The summed E-state index contributed by atoms with van der Waals surface area (Å²) in [5.41, 5.74) is 7.20. The molecule has 6 rings (SSSR count). The second kappa shape index (κ2) is 10.3. The molecule has 0 unspecified atom stereocenters. The molecule has 0 fully saturated rings. The van der Waals surface area contributed by atoms with Crippen molar-refractivity contribution >= 4 is 16.8 Å². The number of rotatable bonds is 2. The number of fused-ring (bicyclic) bond motifs is 3.